The van der Waals surface area contributed by atoms with Gasteiger partial charge in [-0.1, -0.05) is 19.1 Å². The summed E-state index contributed by atoms with van der Waals surface area (Å²) in [6.45, 7) is 4.62. The zero-order valence-corrected chi connectivity index (χ0v) is 10.6. The third kappa shape index (κ3) is 3.40. The molecule has 2 aromatic rings. The SMILES string of the molecule is CCCNCc1nccn1Cc1ccc(F)cc1. The second-order valence-electron chi connectivity index (χ2n) is 4.27. The van der Waals surface area contributed by atoms with Crippen LogP contribution < -0.4 is 5.32 Å². The molecule has 0 unspecified atom stereocenters. The zero-order chi connectivity index (χ0) is 12.8. The topological polar surface area (TPSA) is 29.9 Å². The van der Waals surface area contributed by atoms with E-state index >= 15 is 0 Å². The first kappa shape index (κ1) is 12.8. The Morgan fingerprint density at radius 1 is 1.28 bits per heavy atom. The summed E-state index contributed by atoms with van der Waals surface area (Å²) in [6.07, 6.45) is 4.86. The largest absolute Gasteiger partial charge is 0.329 e. The van der Waals surface area contributed by atoms with Gasteiger partial charge in [0.25, 0.3) is 0 Å². The minimum atomic E-state index is -0.200. The van der Waals surface area contributed by atoms with Crippen molar-refractivity contribution in [3.63, 3.8) is 0 Å². The standard InChI is InChI=1S/C14H18FN3/c1-2-7-16-10-14-17-8-9-18(14)11-12-3-5-13(15)6-4-12/h3-6,8-9,16H,2,7,10-11H2,1H3. The van der Waals surface area contributed by atoms with Gasteiger partial charge in [-0.3, -0.25) is 0 Å². The van der Waals surface area contributed by atoms with Crippen molar-refractivity contribution in [1.29, 1.82) is 0 Å². The maximum atomic E-state index is 12.8. The molecule has 1 heterocycles. The van der Waals surface area contributed by atoms with Crippen LogP contribution in [0.15, 0.2) is 36.7 Å². The Balaban J connectivity index is 2.00. The summed E-state index contributed by atoms with van der Waals surface area (Å²) in [5.74, 6) is 0.807. The monoisotopic (exact) mass is 247 g/mol. The summed E-state index contributed by atoms with van der Waals surface area (Å²) >= 11 is 0. The fourth-order valence-corrected chi connectivity index (χ4v) is 1.81. The van der Waals surface area contributed by atoms with Gasteiger partial charge in [-0.2, -0.15) is 0 Å². The Morgan fingerprint density at radius 3 is 2.78 bits per heavy atom. The molecule has 0 atom stereocenters. The molecule has 0 saturated carbocycles. The molecular weight excluding hydrogens is 229 g/mol. The lowest BCUT2D eigenvalue weighted by atomic mass is 10.2. The van der Waals surface area contributed by atoms with Crippen LogP contribution in [0.3, 0.4) is 0 Å². The molecule has 0 radical (unpaired) electrons. The molecule has 0 aliphatic heterocycles. The number of nitrogens with one attached hydrogen (secondary N) is 1. The summed E-state index contributed by atoms with van der Waals surface area (Å²) in [7, 11) is 0. The Bertz CT molecular complexity index is 476. The normalized spacial score (nSPS) is 10.8. The van der Waals surface area contributed by atoms with Gasteiger partial charge in [-0.25, -0.2) is 9.37 Å². The van der Waals surface area contributed by atoms with Gasteiger partial charge in [0, 0.05) is 18.9 Å². The summed E-state index contributed by atoms with van der Waals surface area (Å²) in [6, 6.07) is 6.58. The van der Waals surface area contributed by atoms with Crippen LogP contribution >= 0.6 is 0 Å². The summed E-state index contributed by atoms with van der Waals surface area (Å²) in [5, 5.41) is 3.33. The molecule has 0 aliphatic rings. The number of imidazole rings is 1. The summed E-state index contributed by atoms with van der Waals surface area (Å²) < 4.78 is 14.9. The van der Waals surface area contributed by atoms with Gasteiger partial charge < -0.3 is 9.88 Å². The first-order chi connectivity index (χ1) is 8.79. The summed E-state index contributed by atoms with van der Waals surface area (Å²) in [4.78, 5) is 4.33. The van der Waals surface area contributed by atoms with Gasteiger partial charge in [-0.05, 0) is 30.7 Å². The molecule has 1 aromatic heterocycles. The van der Waals surface area contributed by atoms with Gasteiger partial charge in [0.05, 0.1) is 6.54 Å². The van der Waals surface area contributed by atoms with Crippen molar-refractivity contribution >= 4 is 0 Å². The van der Waals surface area contributed by atoms with E-state index in [0.717, 1.165) is 37.4 Å². The van der Waals surface area contributed by atoms with E-state index in [1.807, 2.05) is 6.20 Å². The van der Waals surface area contributed by atoms with Crippen molar-refractivity contribution in [1.82, 2.24) is 14.9 Å². The molecule has 0 bridgehead atoms. The Labute approximate surface area is 107 Å². The third-order valence-electron chi connectivity index (χ3n) is 2.78. The van der Waals surface area contributed by atoms with E-state index in [-0.39, 0.29) is 5.82 Å². The van der Waals surface area contributed by atoms with Crippen LogP contribution in [-0.2, 0) is 13.1 Å². The van der Waals surface area contributed by atoms with Gasteiger partial charge in [0.1, 0.15) is 11.6 Å². The van der Waals surface area contributed by atoms with Crippen molar-refractivity contribution in [3.8, 4) is 0 Å². The van der Waals surface area contributed by atoms with E-state index < -0.39 is 0 Å². The average molecular weight is 247 g/mol. The number of rotatable bonds is 6. The highest BCUT2D eigenvalue weighted by molar-refractivity contribution is 5.17. The second kappa shape index (κ2) is 6.31. The number of aromatic nitrogens is 2. The lowest BCUT2D eigenvalue weighted by Gasteiger charge is -2.08. The van der Waals surface area contributed by atoms with Crippen molar-refractivity contribution in [2.75, 3.05) is 6.54 Å². The Morgan fingerprint density at radius 2 is 2.06 bits per heavy atom. The molecule has 3 nitrogen and oxygen atoms in total. The maximum absolute atomic E-state index is 12.8. The third-order valence-corrected chi connectivity index (χ3v) is 2.78. The van der Waals surface area contributed by atoms with Crippen LogP contribution in [0.5, 0.6) is 0 Å². The van der Waals surface area contributed by atoms with Crippen molar-refractivity contribution in [2.45, 2.75) is 26.4 Å². The van der Waals surface area contributed by atoms with E-state index in [1.165, 1.54) is 12.1 Å². The van der Waals surface area contributed by atoms with Crippen LogP contribution in [0.4, 0.5) is 4.39 Å². The predicted octanol–water partition coefficient (Wildman–Crippen LogP) is 2.57. The van der Waals surface area contributed by atoms with Crippen molar-refractivity contribution < 1.29 is 4.39 Å². The van der Waals surface area contributed by atoms with Crippen molar-refractivity contribution in [3.05, 3.63) is 53.9 Å². The predicted molar refractivity (Wildman–Crippen MR) is 69.7 cm³/mol. The minimum absolute atomic E-state index is 0.200. The molecule has 2 rings (SSSR count). The Kier molecular flexibility index (Phi) is 4.47. The van der Waals surface area contributed by atoms with Gasteiger partial charge >= 0.3 is 0 Å². The molecular formula is C14H18FN3. The lowest BCUT2D eigenvalue weighted by molar-refractivity contribution is 0.612. The van der Waals surface area contributed by atoms with Crippen LogP contribution in [0.2, 0.25) is 0 Å². The molecule has 0 saturated heterocycles. The molecule has 18 heavy (non-hydrogen) atoms. The number of halogens is 1. The number of nitrogens with zero attached hydrogens (tertiary/aromatic N) is 2. The molecule has 0 fully saturated rings. The number of hydrogen-bond donors (Lipinski definition) is 1. The first-order valence-corrected chi connectivity index (χ1v) is 6.24. The summed E-state index contributed by atoms with van der Waals surface area (Å²) in [5.41, 5.74) is 1.08. The van der Waals surface area contributed by atoms with Crippen LogP contribution in [0.25, 0.3) is 0 Å². The highest BCUT2D eigenvalue weighted by Crippen LogP contribution is 2.07. The van der Waals surface area contributed by atoms with E-state index in [4.69, 9.17) is 0 Å². The quantitative estimate of drug-likeness (QED) is 0.795. The number of benzene rings is 1. The highest BCUT2D eigenvalue weighted by atomic mass is 19.1. The number of hydrogen-bond acceptors (Lipinski definition) is 2. The average Bonchev–Trinajstić information content (AvgIpc) is 2.80. The molecule has 96 valence electrons. The van der Waals surface area contributed by atoms with Crippen LogP contribution in [0.1, 0.15) is 24.7 Å². The van der Waals surface area contributed by atoms with Crippen LogP contribution in [0, 0.1) is 5.82 Å². The second-order valence-corrected chi connectivity index (χ2v) is 4.27. The molecule has 0 aliphatic carbocycles. The molecule has 1 N–H and O–H groups in total. The van der Waals surface area contributed by atoms with Crippen molar-refractivity contribution in [2.24, 2.45) is 0 Å². The molecule has 4 heteroatoms. The highest BCUT2D eigenvalue weighted by Gasteiger charge is 2.03. The molecule has 0 spiro atoms. The maximum Gasteiger partial charge on any atom is 0.123 e. The fraction of sp³-hybridized carbons (Fsp3) is 0.357. The van der Waals surface area contributed by atoms with E-state index in [2.05, 4.69) is 21.8 Å². The van der Waals surface area contributed by atoms with E-state index in [9.17, 15) is 4.39 Å². The van der Waals surface area contributed by atoms with E-state index in [1.54, 1.807) is 18.3 Å². The molecule has 0 amide bonds. The van der Waals surface area contributed by atoms with Gasteiger partial charge in [0.15, 0.2) is 0 Å². The molecule has 1 aromatic carbocycles. The van der Waals surface area contributed by atoms with Gasteiger partial charge in [-0.15, -0.1) is 0 Å². The smallest absolute Gasteiger partial charge is 0.123 e. The fourth-order valence-electron chi connectivity index (χ4n) is 1.81. The lowest BCUT2D eigenvalue weighted by Crippen LogP contribution is -2.17. The van der Waals surface area contributed by atoms with E-state index in [0.29, 0.717) is 0 Å². The van der Waals surface area contributed by atoms with Crippen LogP contribution in [-0.4, -0.2) is 16.1 Å². The zero-order valence-electron chi connectivity index (χ0n) is 10.6. The minimum Gasteiger partial charge on any atom is -0.329 e. The Hall–Kier alpha value is -1.68. The van der Waals surface area contributed by atoms with Gasteiger partial charge in [0.2, 0.25) is 0 Å². The first-order valence-electron chi connectivity index (χ1n) is 6.24.